The minimum Gasteiger partial charge on any atom is -0.384 e. The van der Waals surface area contributed by atoms with Gasteiger partial charge in [-0.05, 0) is 59.9 Å². The van der Waals surface area contributed by atoms with E-state index in [0.29, 0.717) is 17.5 Å². The number of aryl methyl sites for hydroxylation is 1. The smallest absolute Gasteiger partial charge is 0.271 e. The molecule has 0 radical (unpaired) electrons. The van der Waals surface area contributed by atoms with Crippen molar-refractivity contribution in [2.45, 2.75) is 38.2 Å². The highest BCUT2D eigenvalue weighted by Gasteiger charge is 2.36. The van der Waals surface area contributed by atoms with Crippen molar-refractivity contribution in [2.75, 3.05) is 11.9 Å². The number of hydrazone groups is 1. The van der Waals surface area contributed by atoms with Gasteiger partial charge in [0.25, 0.3) is 5.92 Å². The standard InChI is InChI=1S/C32H30ClF2N3/c1-4-32(34,35)20-22(3)38-30(23-11-9-21(2)10-12-23)19-29(37-38)27-17-18-36-28-8-6-5-7-26(28)31(27)24-13-15-25(33)16-14-24/h4-16,30,36H,1,3,17-20H2,2H3. The Morgan fingerprint density at radius 3 is 2.53 bits per heavy atom. The fourth-order valence-corrected chi connectivity index (χ4v) is 5.28. The van der Waals surface area contributed by atoms with Crippen LogP contribution in [0.3, 0.4) is 0 Å². The van der Waals surface area contributed by atoms with Crippen LogP contribution in [0, 0.1) is 6.92 Å². The average molecular weight is 530 g/mol. The van der Waals surface area contributed by atoms with E-state index in [9.17, 15) is 8.78 Å². The van der Waals surface area contributed by atoms with Gasteiger partial charge in [-0.15, -0.1) is 0 Å². The van der Waals surface area contributed by atoms with E-state index in [0.717, 1.165) is 57.8 Å². The Labute approximate surface area is 227 Å². The van der Waals surface area contributed by atoms with Gasteiger partial charge in [0, 0.05) is 34.9 Å². The zero-order chi connectivity index (χ0) is 26.9. The maximum Gasteiger partial charge on any atom is 0.271 e. The van der Waals surface area contributed by atoms with Crippen molar-refractivity contribution in [1.82, 2.24) is 5.01 Å². The van der Waals surface area contributed by atoms with E-state index in [-0.39, 0.29) is 11.7 Å². The van der Waals surface area contributed by atoms with E-state index < -0.39 is 12.3 Å². The number of anilines is 1. The molecule has 5 rings (SSSR count). The normalized spacial score (nSPS) is 17.4. The fraction of sp³-hybridized carbons (Fsp3) is 0.219. The predicted octanol–water partition coefficient (Wildman–Crippen LogP) is 8.79. The highest BCUT2D eigenvalue weighted by atomic mass is 35.5. The van der Waals surface area contributed by atoms with Crippen LogP contribution in [0.4, 0.5) is 14.5 Å². The molecule has 0 aliphatic carbocycles. The molecule has 3 nitrogen and oxygen atoms in total. The Kier molecular flexibility index (Phi) is 7.22. The number of alkyl halides is 2. The molecule has 6 heteroatoms. The van der Waals surface area contributed by atoms with Crippen molar-refractivity contribution >= 4 is 28.6 Å². The summed E-state index contributed by atoms with van der Waals surface area (Å²) in [6, 6.07) is 24.0. The zero-order valence-electron chi connectivity index (χ0n) is 21.4. The van der Waals surface area contributed by atoms with Crippen LogP contribution >= 0.6 is 11.6 Å². The maximum atomic E-state index is 14.3. The second-order valence-electron chi connectivity index (χ2n) is 9.81. The number of nitrogens with one attached hydrogen (secondary N) is 1. The number of nitrogens with zero attached hydrogens (tertiary/aromatic N) is 2. The van der Waals surface area contributed by atoms with Gasteiger partial charge in [0.05, 0.1) is 18.2 Å². The summed E-state index contributed by atoms with van der Waals surface area (Å²) in [6.45, 7) is 10.1. The van der Waals surface area contributed by atoms with Crippen molar-refractivity contribution in [3.63, 3.8) is 0 Å². The highest BCUT2D eigenvalue weighted by molar-refractivity contribution is 6.30. The summed E-state index contributed by atoms with van der Waals surface area (Å²) in [4.78, 5) is 0. The zero-order valence-corrected chi connectivity index (χ0v) is 22.1. The number of rotatable bonds is 7. The molecule has 0 saturated carbocycles. The van der Waals surface area contributed by atoms with Gasteiger partial charge in [0.1, 0.15) is 0 Å². The van der Waals surface area contributed by atoms with Crippen molar-refractivity contribution in [2.24, 2.45) is 5.10 Å². The van der Waals surface area contributed by atoms with E-state index >= 15 is 0 Å². The van der Waals surface area contributed by atoms with Crippen LogP contribution in [0.2, 0.25) is 5.02 Å². The quantitative estimate of drug-likeness (QED) is 0.310. The van der Waals surface area contributed by atoms with E-state index in [2.05, 4.69) is 30.6 Å². The van der Waals surface area contributed by atoms with Crippen LogP contribution < -0.4 is 5.32 Å². The Morgan fingerprint density at radius 2 is 1.82 bits per heavy atom. The lowest BCUT2D eigenvalue weighted by Crippen LogP contribution is -2.23. The van der Waals surface area contributed by atoms with Crippen LogP contribution in [0.25, 0.3) is 5.57 Å². The first-order valence-corrected chi connectivity index (χ1v) is 13.1. The van der Waals surface area contributed by atoms with Gasteiger partial charge in [-0.2, -0.15) is 5.10 Å². The summed E-state index contributed by atoms with van der Waals surface area (Å²) < 4.78 is 28.7. The molecule has 0 amide bonds. The summed E-state index contributed by atoms with van der Waals surface area (Å²) in [5.41, 5.74) is 8.61. The van der Waals surface area contributed by atoms with Gasteiger partial charge in [0.15, 0.2) is 0 Å². The summed E-state index contributed by atoms with van der Waals surface area (Å²) in [5.74, 6) is -3.06. The topological polar surface area (TPSA) is 27.6 Å². The van der Waals surface area contributed by atoms with Crippen LogP contribution in [-0.2, 0) is 0 Å². The third kappa shape index (κ3) is 5.30. The minimum atomic E-state index is -3.06. The highest BCUT2D eigenvalue weighted by Crippen LogP contribution is 2.43. The molecular weight excluding hydrogens is 500 g/mol. The third-order valence-corrected chi connectivity index (χ3v) is 7.36. The van der Waals surface area contributed by atoms with Gasteiger partial charge in [0.2, 0.25) is 0 Å². The molecule has 38 heavy (non-hydrogen) atoms. The molecule has 0 spiro atoms. The molecule has 1 atom stereocenters. The molecule has 0 saturated heterocycles. The number of para-hydroxylation sites is 1. The Balaban J connectivity index is 1.65. The Hall–Kier alpha value is -3.70. The average Bonchev–Trinajstić information content (AvgIpc) is 3.26. The maximum absolute atomic E-state index is 14.3. The van der Waals surface area contributed by atoms with Gasteiger partial charge in [-0.1, -0.05) is 84.9 Å². The predicted molar refractivity (Wildman–Crippen MR) is 154 cm³/mol. The number of fused-ring (bicyclic) bond motifs is 1. The molecule has 2 aliphatic rings. The molecular formula is C32H30ClF2N3. The lowest BCUT2D eigenvalue weighted by atomic mass is 9.87. The first-order valence-electron chi connectivity index (χ1n) is 12.7. The van der Waals surface area contributed by atoms with E-state index in [1.54, 1.807) is 5.01 Å². The summed E-state index contributed by atoms with van der Waals surface area (Å²) >= 11 is 6.23. The minimum absolute atomic E-state index is 0.232. The van der Waals surface area contributed by atoms with Gasteiger partial charge in [-0.25, -0.2) is 8.78 Å². The van der Waals surface area contributed by atoms with Crippen LogP contribution in [0.5, 0.6) is 0 Å². The van der Waals surface area contributed by atoms with Gasteiger partial charge in [-0.3, -0.25) is 5.01 Å². The third-order valence-electron chi connectivity index (χ3n) is 7.10. The monoisotopic (exact) mass is 529 g/mol. The Bertz CT molecular complexity index is 1420. The molecule has 2 heterocycles. The Morgan fingerprint density at radius 1 is 1.11 bits per heavy atom. The SMILES string of the molecule is C=CC(F)(F)CC(=C)N1N=C(C2=C(c3ccc(Cl)cc3)c3ccccc3NCC2)CC1c1ccc(C)cc1. The second kappa shape index (κ2) is 10.6. The van der Waals surface area contributed by atoms with Crippen molar-refractivity contribution in [3.8, 4) is 0 Å². The molecule has 1 N–H and O–H groups in total. The fourth-order valence-electron chi connectivity index (χ4n) is 5.16. The number of hydrogen-bond donors (Lipinski definition) is 1. The van der Waals surface area contributed by atoms with Crippen molar-refractivity contribution in [1.29, 1.82) is 0 Å². The number of halogens is 3. The summed E-state index contributed by atoms with van der Waals surface area (Å²) in [5, 5.41) is 10.9. The number of hydrogen-bond acceptors (Lipinski definition) is 3. The van der Waals surface area contributed by atoms with E-state index in [1.165, 1.54) is 0 Å². The summed E-state index contributed by atoms with van der Waals surface area (Å²) in [6.07, 6.45) is 1.45. The first-order chi connectivity index (χ1) is 18.3. The molecule has 3 aromatic carbocycles. The first kappa shape index (κ1) is 25.9. The van der Waals surface area contributed by atoms with Crippen LogP contribution in [0.15, 0.2) is 108 Å². The van der Waals surface area contributed by atoms with Crippen molar-refractivity contribution in [3.05, 3.63) is 131 Å². The molecule has 0 bridgehead atoms. The summed E-state index contributed by atoms with van der Waals surface area (Å²) in [7, 11) is 0. The van der Waals surface area contributed by atoms with E-state index in [4.69, 9.17) is 16.7 Å². The van der Waals surface area contributed by atoms with Crippen molar-refractivity contribution < 1.29 is 8.78 Å². The molecule has 0 aromatic heterocycles. The van der Waals surface area contributed by atoms with Crippen LogP contribution in [0.1, 0.15) is 47.6 Å². The molecule has 3 aromatic rings. The second-order valence-corrected chi connectivity index (χ2v) is 10.2. The van der Waals surface area contributed by atoms with Gasteiger partial charge < -0.3 is 5.32 Å². The molecule has 194 valence electrons. The van der Waals surface area contributed by atoms with Crippen LogP contribution in [-0.4, -0.2) is 23.2 Å². The van der Waals surface area contributed by atoms with E-state index in [1.807, 2.05) is 67.6 Å². The lowest BCUT2D eigenvalue weighted by molar-refractivity contribution is 0.0463. The van der Waals surface area contributed by atoms with Gasteiger partial charge >= 0.3 is 0 Å². The lowest BCUT2D eigenvalue weighted by Gasteiger charge is -2.27. The molecule has 0 fully saturated rings. The number of benzene rings is 3. The largest absolute Gasteiger partial charge is 0.384 e. The molecule has 2 aliphatic heterocycles. The molecule has 1 unspecified atom stereocenters. The number of allylic oxidation sites excluding steroid dienone is 2.